The number of allylic oxidation sites excluding steroid dienone is 2. The summed E-state index contributed by atoms with van der Waals surface area (Å²) in [4.78, 5) is 24.4. The monoisotopic (exact) mass is 306 g/mol. The molecule has 1 rings (SSSR count). The summed E-state index contributed by atoms with van der Waals surface area (Å²) in [6.07, 6.45) is 11.4. The highest BCUT2D eigenvalue weighted by molar-refractivity contribution is 5.85. The molecule has 0 N–H and O–H groups in total. The third kappa shape index (κ3) is 7.38. The molecule has 22 heavy (non-hydrogen) atoms. The molecule has 1 unspecified atom stereocenters. The SMILES string of the molecule is C/C1=C/CCCC(=O)CCC(C)(C)C(=O)CCC(C)CCC1. The fraction of sp³-hybridized carbons (Fsp3) is 0.800. The van der Waals surface area contributed by atoms with Crippen molar-refractivity contribution in [3.05, 3.63) is 11.6 Å². The van der Waals surface area contributed by atoms with Crippen molar-refractivity contribution >= 4 is 11.6 Å². The Bertz CT molecular complexity index is 404. The molecule has 2 heteroatoms. The molecule has 1 atom stereocenters. The first-order valence-electron chi connectivity index (χ1n) is 9.02. The second kappa shape index (κ2) is 9.27. The van der Waals surface area contributed by atoms with Crippen LogP contribution in [-0.4, -0.2) is 11.6 Å². The minimum absolute atomic E-state index is 0.312. The predicted molar refractivity (Wildman–Crippen MR) is 92.9 cm³/mol. The van der Waals surface area contributed by atoms with Gasteiger partial charge in [0.25, 0.3) is 0 Å². The van der Waals surface area contributed by atoms with Crippen LogP contribution in [0.5, 0.6) is 0 Å². The van der Waals surface area contributed by atoms with E-state index in [4.69, 9.17) is 0 Å². The van der Waals surface area contributed by atoms with Crippen molar-refractivity contribution in [3.63, 3.8) is 0 Å². The molecule has 0 aromatic carbocycles. The molecule has 0 saturated carbocycles. The number of Topliss-reactive ketones (excluding diaryl/α,β-unsaturated/α-hetero) is 2. The highest BCUT2D eigenvalue weighted by Gasteiger charge is 2.27. The Morgan fingerprint density at radius 3 is 2.45 bits per heavy atom. The molecule has 0 spiro atoms. The molecule has 126 valence electrons. The second-order valence-electron chi connectivity index (χ2n) is 7.82. The van der Waals surface area contributed by atoms with Crippen molar-refractivity contribution in [2.45, 2.75) is 91.9 Å². The highest BCUT2D eigenvalue weighted by atomic mass is 16.1. The van der Waals surface area contributed by atoms with E-state index in [0.29, 0.717) is 43.2 Å². The summed E-state index contributed by atoms with van der Waals surface area (Å²) in [5.74, 6) is 1.25. The fourth-order valence-electron chi connectivity index (χ4n) is 3.06. The molecule has 0 aliphatic heterocycles. The molecule has 1 aliphatic carbocycles. The van der Waals surface area contributed by atoms with Crippen LogP contribution < -0.4 is 0 Å². The highest BCUT2D eigenvalue weighted by Crippen LogP contribution is 2.28. The summed E-state index contributed by atoms with van der Waals surface area (Å²) in [5.41, 5.74) is 1.10. The molecule has 0 aromatic heterocycles. The van der Waals surface area contributed by atoms with Gasteiger partial charge in [0.2, 0.25) is 0 Å². The van der Waals surface area contributed by atoms with Crippen molar-refractivity contribution in [1.29, 1.82) is 0 Å². The maximum atomic E-state index is 12.4. The van der Waals surface area contributed by atoms with Gasteiger partial charge < -0.3 is 0 Å². The zero-order chi connectivity index (χ0) is 16.6. The zero-order valence-electron chi connectivity index (χ0n) is 15.0. The molecule has 2 nitrogen and oxygen atoms in total. The maximum Gasteiger partial charge on any atom is 0.138 e. The summed E-state index contributed by atoms with van der Waals surface area (Å²) in [7, 11) is 0. The maximum absolute atomic E-state index is 12.4. The van der Waals surface area contributed by atoms with Crippen LogP contribution in [-0.2, 0) is 9.59 Å². The third-order valence-corrected chi connectivity index (χ3v) is 5.07. The zero-order valence-corrected chi connectivity index (χ0v) is 15.0. The van der Waals surface area contributed by atoms with Gasteiger partial charge in [-0.1, -0.05) is 38.8 Å². The van der Waals surface area contributed by atoms with Gasteiger partial charge in [-0.3, -0.25) is 9.59 Å². The van der Waals surface area contributed by atoms with Gasteiger partial charge in [0.05, 0.1) is 0 Å². The Kier molecular flexibility index (Phi) is 8.06. The van der Waals surface area contributed by atoms with E-state index in [1.807, 2.05) is 13.8 Å². The van der Waals surface area contributed by atoms with Crippen LogP contribution in [0.4, 0.5) is 0 Å². The number of rotatable bonds is 0. The molecule has 0 radical (unpaired) electrons. The van der Waals surface area contributed by atoms with Gasteiger partial charge in [0.1, 0.15) is 11.6 Å². The molecule has 0 amide bonds. The molecular weight excluding hydrogens is 272 g/mol. The first-order valence-corrected chi connectivity index (χ1v) is 9.02. The van der Waals surface area contributed by atoms with Gasteiger partial charge in [-0.2, -0.15) is 0 Å². The number of hydrogen-bond donors (Lipinski definition) is 0. The van der Waals surface area contributed by atoms with E-state index in [1.54, 1.807) is 0 Å². The fourth-order valence-corrected chi connectivity index (χ4v) is 3.06. The first-order chi connectivity index (χ1) is 10.3. The van der Waals surface area contributed by atoms with Crippen LogP contribution in [0, 0.1) is 11.3 Å². The van der Waals surface area contributed by atoms with Gasteiger partial charge in [0.15, 0.2) is 0 Å². The van der Waals surface area contributed by atoms with Gasteiger partial charge in [0, 0.05) is 24.7 Å². The van der Waals surface area contributed by atoms with Crippen molar-refractivity contribution in [3.8, 4) is 0 Å². The largest absolute Gasteiger partial charge is 0.300 e. The Balaban J connectivity index is 2.65. The van der Waals surface area contributed by atoms with Gasteiger partial charge >= 0.3 is 0 Å². The molecule has 0 heterocycles. The molecule has 0 fully saturated rings. The summed E-state index contributed by atoms with van der Waals surface area (Å²) in [5, 5.41) is 0. The number of ketones is 2. The Hall–Kier alpha value is -0.920. The van der Waals surface area contributed by atoms with E-state index in [9.17, 15) is 9.59 Å². The quantitative estimate of drug-likeness (QED) is 0.542. The lowest BCUT2D eigenvalue weighted by Crippen LogP contribution is -2.25. The number of carbonyl (C=O) groups excluding carboxylic acids is 2. The van der Waals surface area contributed by atoms with Crippen LogP contribution in [0.15, 0.2) is 11.6 Å². The number of hydrogen-bond acceptors (Lipinski definition) is 2. The minimum atomic E-state index is -0.344. The number of carbonyl (C=O) groups is 2. The molecule has 0 saturated heterocycles. The van der Waals surface area contributed by atoms with Crippen LogP contribution in [0.1, 0.15) is 91.9 Å². The van der Waals surface area contributed by atoms with Crippen molar-refractivity contribution in [2.75, 3.05) is 0 Å². The second-order valence-corrected chi connectivity index (χ2v) is 7.82. The first kappa shape index (κ1) is 19.1. The van der Waals surface area contributed by atoms with Crippen LogP contribution in [0.2, 0.25) is 0 Å². The Labute approximate surface area is 136 Å². The summed E-state index contributed by atoms with van der Waals surface area (Å²) >= 11 is 0. The van der Waals surface area contributed by atoms with Gasteiger partial charge in [-0.15, -0.1) is 0 Å². The summed E-state index contributed by atoms with van der Waals surface area (Å²) in [6.45, 7) is 8.46. The van der Waals surface area contributed by atoms with Crippen LogP contribution >= 0.6 is 0 Å². The summed E-state index contributed by atoms with van der Waals surface area (Å²) < 4.78 is 0. The average molecular weight is 306 g/mol. The summed E-state index contributed by atoms with van der Waals surface area (Å²) in [6, 6.07) is 0. The smallest absolute Gasteiger partial charge is 0.138 e. The third-order valence-electron chi connectivity index (χ3n) is 5.07. The average Bonchev–Trinajstić information content (AvgIpc) is 2.46. The van der Waals surface area contributed by atoms with Crippen molar-refractivity contribution < 1.29 is 9.59 Å². The molecule has 0 bridgehead atoms. The van der Waals surface area contributed by atoms with Gasteiger partial charge in [-0.05, 0) is 51.4 Å². The van der Waals surface area contributed by atoms with Crippen LogP contribution in [0.3, 0.4) is 0 Å². The van der Waals surface area contributed by atoms with Crippen LogP contribution in [0.25, 0.3) is 0 Å². The molecule has 0 aromatic rings. The van der Waals surface area contributed by atoms with E-state index in [-0.39, 0.29) is 5.41 Å². The van der Waals surface area contributed by atoms with E-state index in [1.165, 1.54) is 18.4 Å². The Morgan fingerprint density at radius 2 is 1.73 bits per heavy atom. The standard InChI is InChI=1S/C20H34O2/c1-16-8-5-6-11-18(21)14-15-20(3,4)19(22)13-12-17(2)10-7-9-16/h8,17H,5-7,9-15H2,1-4H3/b16-8-. The van der Waals surface area contributed by atoms with Gasteiger partial charge in [-0.25, -0.2) is 0 Å². The van der Waals surface area contributed by atoms with E-state index in [0.717, 1.165) is 25.7 Å². The lowest BCUT2D eigenvalue weighted by molar-refractivity contribution is -0.128. The van der Waals surface area contributed by atoms with E-state index in [2.05, 4.69) is 19.9 Å². The molecule has 1 aliphatic rings. The minimum Gasteiger partial charge on any atom is -0.300 e. The predicted octanol–water partition coefficient (Wildman–Crippen LogP) is 5.65. The topological polar surface area (TPSA) is 34.1 Å². The lowest BCUT2D eigenvalue weighted by atomic mass is 9.79. The lowest BCUT2D eigenvalue weighted by Gasteiger charge is -2.23. The van der Waals surface area contributed by atoms with E-state index < -0.39 is 0 Å². The Morgan fingerprint density at radius 1 is 1.00 bits per heavy atom. The molecular formula is C20H34O2. The normalized spacial score (nSPS) is 28.9. The van der Waals surface area contributed by atoms with Crippen molar-refractivity contribution in [2.24, 2.45) is 11.3 Å². The van der Waals surface area contributed by atoms with E-state index >= 15 is 0 Å². The van der Waals surface area contributed by atoms with Crippen molar-refractivity contribution in [1.82, 2.24) is 0 Å².